The van der Waals surface area contributed by atoms with Gasteiger partial charge in [0.25, 0.3) is 0 Å². The van der Waals surface area contributed by atoms with Crippen LogP contribution in [0, 0.1) is 19.3 Å². The van der Waals surface area contributed by atoms with Crippen molar-refractivity contribution >= 4 is 17.4 Å². The fourth-order valence-electron chi connectivity index (χ4n) is 1.27. The van der Waals surface area contributed by atoms with E-state index in [0.717, 1.165) is 11.1 Å². The van der Waals surface area contributed by atoms with E-state index >= 15 is 0 Å². The molecule has 4 heteroatoms. The number of rotatable bonds is 2. The molecule has 0 aliphatic heterocycles. The van der Waals surface area contributed by atoms with Crippen molar-refractivity contribution in [1.29, 1.82) is 5.41 Å². The molecular formula is C10H13ClN2O. The molecule has 0 aliphatic carbocycles. The molecular weight excluding hydrogens is 200 g/mol. The van der Waals surface area contributed by atoms with E-state index in [0.29, 0.717) is 10.6 Å². The van der Waals surface area contributed by atoms with E-state index in [-0.39, 0.29) is 18.0 Å². The highest BCUT2D eigenvalue weighted by atomic mass is 35.5. The van der Waals surface area contributed by atoms with Crippen LogP contribution >= 0.6 is 11.6 Å². The van der Waals surface area contributed by atoms with Gasteiger partial charge in [-0.15, -0.1) is 0 Å². The normalized spacial score (nSPS) is 10.2. The van der Waals surface area contributed by atoms with Crippen LogP contribution in [0.15, 0.2) is 6.07 Å². The highest BCUT2D eigenvalue weighted by Crippen LogP contribution is 2.30. The van der Waals surface area contributed by atoms with Crippen molar-refractivity contribution < 1.29 is 5.11 Å². The van der Waals surface area contributed by atoms with E-state index in [2.05, 4.69) is 0 Å². The SMILES string of the molecule is Cc1c(Cl)cc(CC(=N)N)c(O)c1C. The Hall–Kier alpha value is -1.22. The fraction of sp³-hybridized carbons (Fsp3) is 0.300. The van der Waals surface area contributed by atoms with E-state index < -0.39 is 0 Å². The van der Waals surface area contributed by atoms with Crippen LogP contribution in [0.4, 0.5) is 0 Å². The lowest BCUT2D eigenvalue weighted by Gasteiger charge is -2.10. The van der Waals surface area contributed by atoms with Crippen molar-refractivity contribution in [3.05, 3.63) is 27.8 Å². The summed E-state index contributed by atoms with van der Waals surface area (Å²) in [4.78, 5) is 0. The van der Waals surface area contributed by atoms with Crippen LogP contribution in [-0.4, -0.2) is 10.9 Å². The number of amidine groups is 1. The molecule has 0 spiro atoms. The maximum atomic E-state index is 9.74. The average molecular weight is 213 g/mol. The van der Waals surface area contributed by atoms with Crippen LogP contribution < -0.4 is 5.73 Å². The molecule has 3 nitrogen and oxygen atoms in total. The minimum Gasteiger partial charge on any atom is -0.507 e. The lowest BCUT2D eigenvalue weighted by atomic mass is 10.0. The molecule has 1 rings (SSSR count). The molecule has 0 heterocycles. The molecule has 0 aliphatic rings. The number of hydrogen-bond donors (Lipinski definition) is 3. The van der Waals surface area contributed by atoms with Crippen LogP contribution in [-0.2, 0) is 6.42 Å². The molecule has 0 amide bonds. The topological polar surface area (TPSA) is 70.1 Å². The Bertz CT molecular complexity index is 388. The summed E-state index contributed by atoms with van der Waals surface area (Å²) in [5, 5.41) is 17.5. The molecule has 0 saturated carbocycles. The number of hydrogen-bond acceptors (Lipinski definition) is 2. The Labute approximate surface area is 88.0 Å². The van der Waals surface area contributed by atoms with Gasteiger partial charge in [-0.1, -0.05) is 11.6 Å². The molecule has 0 aromatic heterocycles. The Morgan fingerprint density at radius 1 is 1.50 bits per heavy atom. The fourth-order valence-corrected chi connectivity index (χ4v) is 1.54. The van der Waals surface area contributed by atoms with E-state index in [1.54, 1.807) is 13.0 Å². The molecule has 1 aromatic carbocycles. The summed E-state index contributed by atoms with van der Waals surface area (Å²) in [6.07, 6.45) is 0.229. The highest BCUT2D eigenvalue weighted by molar-refractivity contribution is 6.31. The van der Waals surface area contributed by atoms with Gasteiger partial charge in [-0.2, -0.15) is 0 Å². The van der Waals surface area contributed by atoms with Gasteiger partial charge in [0, 0.05) is 17.0 Å². The van der Waals surface area contributed by atoms with Gasteiger partial charge < -0.3 is 10.8 Å². The lowest BCUT2D eigenvalue weighted by Crippen LogP contribution is -2.13. The lowest BCUT2D eigenvalue weighted by molar-refractivity contribution is 0.465. The predicted octanol–water partition coefficient (Wildman–Crippen LogP) is 2.14. The van der Waals surface area contributed by atoms with E-state index in [1.807, 2.05) is 6.92 Å². The monoisotopic (exact) mass is 212 g/mol. The van der Waals surface area contributed by atoms with Crippen molar-refractivity contribution in [3.63, 3.8) is 0 Å². The third kappa shape index (κ3) is 1.99. The predicted molar refractivity (Wildman–Crippen MR) is 58.2 cm³/mol. The van der Waals surface area contributed by atoms with E-state index in [1.165, 1.54) is 0 Å². The second kappa shape index (κ2) is 3.88. The molecule has 0 unspecified atom stereocenters. The van der Waals surface area contributed by atoms with Gasteiger partial charge in [-0.25, -0.2) is 0 Å². The Morgan fingerprint density at radius 2 is 2.07 bits per heavy atom. The minimum atomic E-state index is 0.0135. The first-order chi connectivity index (χ1) is 6.43. The molecule has 76 valence electrons. The standard InChI is InChI=1S/C10H13ClN2O/c1-5-6(2)10(14)7(3-8(5)11)4-9(12)13/h3,14H,4H2,1-2H3,(H3,12,13). The Balaban J connectivity index is 3.25. The van der Waals surface area contributed by atoms with Crippen LogP contribution in [0.5, 0.6) is 5.75 Å². The first kappa shape index (κ1) is 10.9. The van der Waals surface area contributed by atoms with Crippen LogP contribution in [0.1, 0.15) is 16.7 Å². The molecule has 0 atom stereocenters. The van der Waals surface area contributed by atoms with Crippen LogP contribution in [0.25, 0.3) is 0 Å². The number of phenolic OH excluding ortho intramolecular Hbond substituents is 1. The van der Waals surface area contributed by atoms with Gasteiger partial charge in [0.15, 0.2) is 0 Å². The molecule has 0 radical (unpaired) electrons. The zero-order valence-electron chi connectivity index (χ0n) is 8.19. The van der Waals surface area contributed by atoms with Crippen LogP contribution in [0.3, 0.4) is 0 Å². The summed E-state index contributed by atoms with van der Waals surface area (Å²) in [5.41, 5.74) is 7.47. The number of nitrogens with two attached hydrogens (primary N) is 1. The van der Waals surface area contributed by atoms with Gasteiger partial charge in [0.1, 0.15) is 5.75 Å². The van der Waals surface area contributed by atoms with Gasteiger partial charge in [0.2, 0.25) is 0 Å². The Kier molecular flexibility index (Phi) is 3.01. The van der Waals surface area contributed by atoms with Crippen molar-refractivity contribution in [2.75, 3.05) is 0 Å². The largest absolute Gasteiger partial charge is 0.507 e. The molecule has 0 fully saturated rings. The van der Waals surface area contributed by atoms with Crippen molar-refractivity contribution in [3.8, 4) is 5.75 Å². The zero-order valence-corrected chi connectivity index (χ0v) is 8.94. The second-order valence-corrected chi connectivity index (χ2v) is 3.73. The molecule has 1 aromatic rings. The summed E-state index contributed by atoms with van der Waals surface area (Å²) in [7, 11) is 0. The van der Waals surface area contributed by atoms with Gasteiger partial charge in [0.05, 0.1) is 5.84 Å². The quantitative estimate of drug-likeness (QED) is 0.519. The summed E-state index contributed by atoms with van der Waals surface area (Å²) in [5.74, 6) is 0.196. The van der Waals surface area contributed by atoms with Crippen molar-refractivity contribution in [1.82, 2.24) is 0 Å². The molecule has 0 bridgehead atoms. The number of halogens is 1. The first-order valence-corrected chi connectivity index (χ1v) is 4.61. The zero-order chi connectivity index (χ0) is 10.9. The van der Waals surface area contributed by atoms with Gasteiger partial charge in [-0.05, 0) is 31.0 Å². The second-order valence-electron chi connectivity index (χ2n) is 3.32. The number of phenols is 1. The maximum Gasteiger partial charge on any atom is 0.122 e. The number of nitrogens with one attached hydrogen (secondary N) is 1. The number of benzene rings is 1. The smallest absolute Gasteiger partial charge is 0.122 e. The minimum absolute atomic E-state index is 0.0135. The maximum absolute atomic E-state index is 9.74. The summed E-state index contributed by atoms with van der Waals surface area (Å²) >= 11 is 5.95. The molecule has 14 heavy (non-hydrogen) atoms. The van der Waals surface area contributed by atoms with Crippen molar-refractivity contribution in [2.24, 2.45) is 5.73 Å². The molecule has 4 N–H and O–H groups in total. The van der Waals surface area contributed by atoms with E-state index in [4.69, 9.17) is 22.7 Å². The number of aromatic hydroxyl groups is 1. The summed E-state index contributed by atoms with van der Waals surface area (Å²) in [6, 6.07) is 1.65. The third-order valence-corrected chi connectivity index (χ3v) is 2.65. The average Bonchev–Trinajstić information content (AvgIpc) is 2.10. The highest BCUT2D eigenvalue weighted by Gasteiger charge is 2.10. The molecule has 0 saturated heterocycles. The third-order valence-electron chi connectivity index (χ3n) is 2.26. The Morgan fingerprint density at radius 3 is 2.57 bits per heavy atom. The first-order valence-electron chi connectivity index (χ1n) is 4.24. The van der Waals surface area contributed by atoms with Crippen LogP contribution in [0.2, 0.25) is 5.02 Å². The van der Waals surface area contributed by atoms with Gasteiger partial charge in [-0.3, -0.25) is 5.41 Å². The van der Waals surface area contributed by atoms with Crippen molar-refractivity contribution in [2.45, 2.75) is 20.3 Å². The summed E-state index contributed by atoms with van der Waals surface area (Å²) in [6.45, 7) is 3.63. The van der Waals surface area contributed by atoms with Gasteiger partial charge >= 0.3 is 0 Å². The summed E-state index contributed by atoms with van der Waals surface area (Å²) < 4.78 is 0. The van der Waals surface area contributed by atoms with E-state index in [9.17, 15) is 5.11 Å².